The van der Waals surface area contributed by atoms with Gasteiger partial charge in [-0.25, -0.2) is 9.97 Å². The summed E-state index contributed by atoms with van der Waals surface area (Å²) in [5.41, 5.74) is 7.14. The summed E-state index contributed by atoms with van der Waals surface area (Å²) in [4.78, 5) is 11.4. The van der Waals surface area contributed by atoms with Gasteiger partial charge in [0.25, 0.3) is 0 Å². The third-order valence-corrected chi connectivity index (χ3v) is 6.53. The molecule has 0 saturated carbocycles. The van der Waals surface area contributed by atoms with E-state index in [9.17, 15) is 10.4 Å². The number of nitriles is 1. The molecule has 0 spiro atoms. The first kappa shape index (κ1) is 20.4. The Bertz CT molecular complexity index is 1230. The fourth-order valence-corrected chi connectivity index (χ4v) is 4.54. The molecule has 7 nitrogen and oxygen atoms in total. The largest absolute Gasteiger partial charge is 0.395 e. The minimum atomic E-state index is -0.428. The van der Waals surface area contributed by atoms with Crippen molar-refractivity contribution in [1.82, 2.24) is 14.9 Å². The number of aliphatic hydroxyl groups excluding tert-OH is 1. The van der Waals surface area contributed by atoms with E-state index in [1.165, 1.54) is 11.1 Å². The molecular formula is C25H26N6O. The molecule has 162 valence electrons. The Labute approximate surface area is 187 Å². The van der Waals surface area contributed by atoms with Crippen LogP contribution in [0, 0.1) is 11.3 Å². The number of anilines is 3. The second kappa shape index (κ2) is 7.90. The van der Waals surface area contributed by atoms with Crippen molar-refractivity contribution in [3.8, 4) is 17.3 Å². The van der Waals surface area contributed by atoms with Crippen LogP contribution in [0.2, 0.25) is 0 Å². The monoisotopic (exact) mass is 426 g/mol. The number of nitrogens with zero attached hydrogens (tertiary/aromatic N) is 4. The summed E-state index contributed by atoms with van der Waals surface area (Å²) in [6.07, 6.45) is 2.76. The van der Waals surface area contributed by atoms with E-state index >= 15 is 0 Å². The normalized spacial score (nSPS) is 19.6. The Morgan fingerprint density at radius 2 is 2.12 bits per heavy atom. The molecule has 3 N–H and O–H groups in total. The first-order chi connectivity index (χ1) is 15.5. The van der Waals surface area contributed by atoms with Crippen molar-refractivity contribution in [3.05, 3.63) is 64.8 Å². The van der Waals surface area contributed by atoms with Crippen LogP contribution in [0.15, 0.2) is 42.6 Å². The Balaban J connectivity index is 1.47. The fraction of sp³-hybridized carbons (Fsp3) is 0.320. The first-order valence-electron chi connectivity index (χ1n) is 10.8. The van der Waals surface area contributed by atoms with Crippen molar-refractivity contribution >= 4 is 17.3 Å². The lowest BCUT2D eigenvalue weighted by molar-refractivity contribution is 0.219. The molecule has 32 heavy (non-hydrogen) atoms. The average Bonchev–Trinajstić information content (AvgIpc) is 3.16. The fourth-order valence-electron chi connectivity index (χ4n) is 4.54. The quantitative estimate of drug-likeness (QED) is 0.588. The van der Waals surface area contributed by atoms with E-state index in [2.05, 4.69) is 51.8 Å². The zero-order valence-corrected chi connectivity index (χ0v) is 18.3. The maximum Gasteiger partial charge on any atom is 0.227 e. The molecule has 0 fully saturated rings. The Morgan fingerprint density at radius 1 is 1.25 bits per heavy atom. The molecule has 0 aliphatic carbocycles. The lowest BCUT2D eigenvalue weighted by Gasteiger charge is -2.25. The smallest absolute Gasteiger partial charge is 0.227 e. The summed E-state index contributed by atoms with van der Waals surface area (Å²) in [6, 6.07) is 14.4. The van der Waals surface area contributed by atoms with Crippen LogP contribution in [0.25, 0.3) is 11.3 Å². The van der Waals surface area contributed by atoms with Gasteiger partial charge in [0.2, 0.25) is 5.95 Å². The Kier molecular flexibility index (Phi) is 5.04. The number of fused-ring (bicyclic) bond motifs is 2. The van der Waals surface area contributed by atoms with Crippen LogP contribution >= 0.6 is 0 Å². The van der Waals surface area contributed by atoms with Gasteiger partial charge in [-0.3, -0.25) is 0 Å². The van der Waals surface area contributed by atoms with E-state index in [1.54, 1.807) is 6.20 Å². The predicted octanol–water partition coefficient (Wildman–Crippen LogP) is 3.42. The van der Waals surface area contributed by atoms with Gasteiger partial charge in [0.1, 0.15) is 6.07 Å². The highest BCUT2D eigenvalue weighted by atomic mass is 16.3. The van der Waals surface area contributed by atoms with Gasteiger partial charge in [0.15, 0.2) is 0 Å². The van der Waals surface area contributed by atoms with Crippen molar-refractivity contribution < 1.29 is 5.11 Å². The summed E-state index contributed by atoms with van der Waals surface area (Å²) in [5, 5.41) is 26.2. The molecule has 0 amide bonds. The highest BCUT2D eigenvalue weighted by Crippen LogP contribution is 2.41. The van der Waals surface area contributed by atoms with E-state index in [-0.39, 0.29) is 6.61 Å². The van der Waals surface area contributed by atoms with Crippen molar-refractivity contribution in [3.63, 3.8) is 0 Å². The zero-order valence-electron chi connectivity index (χ0n) is 18.3. The second-order valence-corrected chi connectivity index (χ2v) is 8.99. The number of likely N-dealkylation sites (N-methyl/N-ethyl adjacent to an activating group) is 1. The summed E-state index contributed by atoms with van der Waals surface area (Å²) in [6.45, 7) is 4.64. The van der Waals surface area contributed by atoms with Gasteiger partial charge in [-0.15, -0.1) is 0 Å². The molecule has 7 heteroatoms. The molecular weight excluding hydrogens is 400 g/mol. The highest BCUT2D eigenvalue weighted by molar-refractivity contribution is 5.76. The summed E-state index contributed by atoms with van der Waals surface area (Å²) < 4.78 is 0. The van der Waals surface area contributed by atoms with Crippen LogP contribution in [-0.4, -0.2) is 46.7 Å². The topological polar surface area (TPSA) is 97.1 Å². The van der Waals surface area contributed by atoms with E-state index in [4.69, 9.17) is 4.98 Å². The van der Waals surface area contributed by atoms with E-state index in [0.717, 1.165) is 47.7 Å². The molecule has 0 bridgehead atoms. The van der Waals surface area contributed by atoms with Crippen LogP contribution in [0.3, 0.4) is 0 Å². The number of benzene rings is 2. The van der Waals surface area contributed by atoms with Crippen LogP contribution in [0.5, 0.6) is 0 Å². The van der Waals surface area contributed by atoms with Gasteiger partial charge in [0, 0.05) is 42.5 Å². The number of aliphatic hydroxyl groups is 1. The van der Waals surface area contributed by atoms with Crippen molar-refractivity contribution in [2.45, 2.75) is 25.3 Å². The second-order valence-electron chi connectivity index (χ2n) is 8.99. The molecule has 2 aromatic carbocycles. The molecule has 3 aromatic rings. The first-order valence-corrected chi connectivity index (χ1v) is 10.8. The molecule has 0 unspecified atom stereocenters. The standard InChI is InChI=1S/C25H26N6O/c1-25(15-32)14-28-23-19(12-26)9-18(11-21(23)25)22-5-7-27-24(30-22)29-20-4-3-17-13-31(2)8-6-16(17)10-20/h3-5,7,9-11,28,32H,6,8,13-15H2,1-2H3,(H,27,29,30)/t25-/m1/s1. The van der Waals surface area contributed by atoms with Gasteiger partial charge >= 0.3 is 0 Å². The van der Waals surface area contributed by atoms with Crippen LogP contribution in [-0.2, 0) is 18.4 Å². The molecule has 0 saturated heterocycles. The lowest BCUT2D eigenvalue weighted by Crippen LogP contribution is -2.28. The van der Waals surface area contributed by atoms with Crippen molar-refractivity contribution in [2.24, 2.45) is 0 Å². The minimum absolute atomic E-state index is 0.00597. The van der Waals surface area contributed by atoms with Crippen molar-refractivity contribution in [1.29, 1.82) is 5.26 Å². The van der Waals surface area contributed by atoms with Crippen molar-refractivity contribution in [2.75, 3.05) is 37.4 Å². The van der Waals surface area contributed by atoms with Crippen LogP contribution < -0.4 is 10.6 Å². The van der Waals surface area contributed by atoms with E-state index < -0.39 is 5.41 Å². The SMILES string of the molecule is CN1CCc2cc(Nc3nccc(-c4cc(C#N)c5c(c4)[C@@](C)(CO)CN5)n3)ccc2C1. The maximum absolute atomic E-state index is 9.94. The Morgan fingerprint density at radius 3 is 2.94 bits per heavy atom. The lowest BCUT2D eigenvalue weighted by atomic mass is 9.83. The summed E-state index contributed by atoms with van der Waals surface area (Å²) >= 11 is 0. The molecule has 1 atom stereocenters. The number of aromatic nitrogens is 2. The summed E-state index contributed by atoms with van der Waals surface area (Å²) in [7, 11) is 2.14. The molecule has 2 aliphatic heterocycles. The highest BCUT2D eigenvalue weighted by Gasteiger charge is 2.36. The van der Waals surface area contributed by atoms with Crippen LogP contribution in [0.1, 0.15) is 29.2 Å². The molecule has 1 aromatic heterocycles. The third kappa shape index (κ3) is 3.58. The summed E-state index contributed by atoms with van der Waals surface area (Å²) in [5.74, 6) is 0.512. The van der Waals surface area contributed by atoms with Gasteiger partial charge in [-0.05, 0) is 60.5 Å². The molecule has 2 aliphatic rings. The molecule has 0 radical (unpaired) electrons. The molecule has 3 heterocycles. The van der Waals surface area contributed by atoms with Gasteiger partial charge in [-0.2, -0.15) is 5.26 Å². The predicted molar refractivity (Wildman–Crippen MR) is 125 cm³/mol. The molecule has 5 rings (SSSR count). The Hall–Kier alpha value is -3.47. The van der Waals surface area contributed by atoms with Gasteiger partial charge < -0.3 is 20.6 Å². The average molecular weight is 427 g/mol. The zero-order chi connectivity index (χ0) is 22.3. The minimum Gasteiger partial charge on any atom is -0.395 e. The number of hydrogen-bond donors (Lipinski definition) is 3. The maximum atomic E-state index is 9.94. The van der Waals surface area contributed by atoms with Crippen LogP contribution in [0.4, 0.5) is 17.3 Å². The van der Waals surface area contributed by atoms with Gasteiger partial charge in [-0.1, -0.05) is 13.0 Å². The third-order valence-electron chi connectivity index (χ3n) is 6.53. The van der Waals surface area contributed by atoms with E-state index in [0.29, 0.717) is 18.1 Å². The number of rotatable bonds is 4. The van der Waals surface area contributed by atoms with Gasteiger partial charge in [0.05, 0.1) is 23.6 Å². The number of hydrogen-bond acceptors (Lipinski definition) is 7. The van der Waals surface area contributed by atoms with E-state index in [1.807, 2.05) is 25.1 Å². The number of nitrogens with one attached hydrogen (secondary N) is 2.